The van der Waals surface area contributed by atoms with Gasteiger partial charge in [0.2, 0.25) is 0 Å². The van der Waals surface area contributed by atoms with Crippen molar-refractivity contribution in [2.75, 3.05) is 0 Å². The second-order valence-electron chi connectivity index (χ2n) is 3.08. The Labute approximate surface area is 102 Å². The zero-order valence-corrected chi connectivity index (χ0v) is 9.23. The summed E-state index contributed by atoms with van der Waals surface area (Å²) in [5.41, 5.74) is 2.55. The largest absolute Gasteiger partial charge is 0.469 e. The quantitative estimate of drug-likeness (QED) is 0.777. The summed E-state index contributed by atoms with van der Waals surface area (Å²) in [4.78, 5) is 0. The number of benzene rings is 2. The Kier molecular flexibility index (Phi) is 6.82. The summed E-state index contributed by atoms with van der Waals surface area (Å²) in [7, 11) is 0.750. The van der Waals surface area contributed by atoms with Gasteiger partial charge in [0, 0.05) is 0 Å². The molecule has 2 rings (SSSR count). The predicted octanol–water partition coefficient (Wildman–Crippen LogP) is 1.41. The van der Waals surface area contributed by atoms with Gasteiger partial charge in [0.05, 0.1) is 0 Å². The van der Waals surface area contributed by atoms with E-state index in [1.807, 2.05) is 12.1 Å². The highest BCUT2D eigenvalue weighted by Gasteiger charge is 1.91. The van der Waals surface area contributed by atoms with E-state index in [2.05, 4.69) is 53.1 Å². The lowest BCUT2D eigenvalue weighted by atomic mass is 10.1. The molecular formula is C12H12B2O3. The van der Waals surface area contributed by atoms with Crippen molar-refractivity contribution >= 4 is 15.4 Å². The molecule has 2 N–H and O–H groups in total. The van der Waals surface area contributed by atoms with Crippen LogP contribution in [-0.2, 0) is 4.57 Å². The molecule has 0 atom stereocenters. The van der Waals surface area contributed by atoms with Crippen LogP contribution in [0.3, 0.4) is 0 Å². The Balaban J connectivity index is 0.000000249. The zero-order valence-electron chi connectivity index (χ0n) is 9.23. The average molecular weight is 226 g/mol. The molecule has 0 aromatic heterocycles. The molecule has 2 aromatic rings. The fourth-order valence-corrected chi connectivity index (χ4v) is 1.29. The van der Waals surface area contributed by atoms with Crippen LogP contribution >= 0.6 is 0 Å². The Bertz CT molecular complexity index is 356. The Hall–Kier alpha value is -1.55. The fraction of sp³-hybridized carbons (Fsp3) is 0. The Morgan fingerprint density at radius 1 is 0.647 bits per heavy atom. The molecule has 0 amide bonds. The first-order chi connectivity index (χ1) is 8.38. The molecule has 3 nitrogen and oxygen atoms in total. The summed E-state index contributed by atoms with van der Waals surface area (Å²) in [5, 5.41) is 15.1. The van der Waals surface area contributed by atoms with Crippen molar-refractivity contribution in [2.24, 2.45) is 0 Å². The van der Waals surface area contributed by atoms with Gasteiger partial charge in [-0.3, -0.25) is 0 Å². The van der Waals surface area contributed by atoms with Gasteiger partial charge in [0.15, 0.2) is 0 Å². The summed E-state index contributed by atoms with van der Waals surface area (Å²) < 4.78 is 3.69. The second kappa shape index (κ2) is 8.58. The molecule has 2 radical (unpaired) electrons. The fourth-order valence-electron chi connectivity index (χ4n) is 1.29. The third kappa shape index (κ3) is 5.36. The molecule has 2 aromatic carbocycles. The molecule has 0 saturated carbocycles. The van der Waals surface area contributed by atoms with E-state index in [4.69, 9.17) is 10.0 Å². The summed E-state index contributed by atoms with van der Waals surface area (Å²) in [6.07, 6.45) is 0. The Morgan fingerprint density at radius 2 is 1.00 bits per heavy atom. The highest BCUT2D eigenvalue weighted by Crippen LogP contribution is 2.17. The van der Waals surface area contributed by atoms with E-state index in [0.29, 0.717) is 15.4 Å². The molecule has 0 aliphatic carbocycles. The average Bonchev–Trinajstić information content (AvgIpc) is 2.42. The van der Waals surface area contributed by atoms with Crippen molar-refractivity contribution in [1.82, 2.24) is 0 Å². The number of hydrogen-bond acceptors (Lipinski definition) is 3. The van der Waals surface area contributed by atoms with Gasteiger partial charge in [0.1, 0.15) is 0 Å². The van der Waals surface area contributed by atoms with Gasteiger partial charge in [-0.1, -0.05) is 60.7 Å². The molecule has 0 aliphatic rings. The summed E-state index contributed by atoms with van der Waals surface area (Å²) in [6, 6.07) is 20.8. The van der Waals surface area contributed by atoms with Crippen molar-refractivity contribution in [2.45, 2.75) is 0 Å². The third-order valence-electron chi connectivity index (χ3n) is 2.00. The van der Waals surface area contributed by atoms with Gasteiger partial charge in [-0.25, -0.2) is 0 Å². The van der Waals surface area contributed by atoms with Crippen LogP contribution in [0.4, 0.5) is 0 Å². The highest BCUT2D eigenvalue weighted by molar-refractivity contribution is 6.32. The zero-order chi connectivity index (χ0) is 12.3. The minimum Gasteiger partial charge on any atom is -0.456 e. The molecule has 0 aliphatic heterocycles. The van der Waals surface area contributed by atoms with Gasteiger partial charge >= 0.3 is 15.4 Å². The summed E-state index contributed by atoms with van der Waals surface area (Å²) in [5.74, 6) is 0. The minimum atomic E-state index is 0.375. The van der Waals surface area contributed by atoms with Gasteiger partial charge in [-0.15, -0.1) is 0 Å². The third-order valence-corrected chi connectivity index (χ3v) is 2.00. The van der Waals surface area contributed by atoms with E-state index in [-0.39, 0.29) is 0 Å². The molecule has 0 bridgehead atoms. The van der Waals surface area contributed by atoms with Crippen LogP contribution in [0.25, 0.3) is 11.1 Å². The first kappa shape index (κ1) is 13.5. The summed E-state index contributed by atoms with van der Waals surface area (Å²) in [6.45, 7) is 0. The lowest BCUT2D eigenvalue weighted by Gasteiger charge is -1.98. The topological polar surface area (TPSA) is 49.7 Å². The molecule has 17 heavy (non-hydrogen) atoms. The van der Waals surface area contributed by atoms with E-state index in [1.54, 1.807) is 0 Å². The molecule has 0 fully saturated rings. The van der Waals surface area contributed by atoms with Crippen LogP contribution in [0.15, 0.2) is 60.7 Å². The van der Waals surface area contributed by atoms with E-state index in [0.717, 1.165) is 0 Å². The molecular weight excluding hydrogens is 214 g/mol. The van der Waals surface area contributed by atoms with Crippen molar-refractivity contribution < 1.29 is 14.6 Å². The lowest BCUT2D eigenvalue weighted by Crippen LogP contribution is -2.00. The SMILES string of the molecule is O[B]O[B]O.c1ccc(-c2ccccc2)cc1. The van der Waals surface area contributed by atoms with Crippen LogP contribution in [-0.4, -0.2) is 25.4 Å². The Morgan fingerprint density at radius 3 is 1.24 bits per heavy atom. The molecule has 0 saturated heterocycles. The van der Waals surface area contributed by atoms with E-state index in [9.17, 15) is 0 Å². The number of rotatable bonds is 3. The normalized spacial score (nSPS) is 8.82. The molecule has 5 heteroatoms. The maximum absolute atomic E-state index is 7.53. The highest BCUT2D eigenvalue weighted by atomic mass is 16.5. The molecule has 0 unspecified atom stereocenters. The van der Waals surface area contributed by atoms with Crippen LogP contribution in [0, 0.1) is 0 Å². The van der Waals surface area contributed by atoms with Gasteiger partial charge in [0.25, 0.3) is 0 Å². The van der Waals surface area contributed by atoms with Crippen molar-refractivity contribution in [3.05, 3.63) is 60.7 Å². The van der Waals surface area contributed by atoms with Crippen LogP contribution < -0.4 is 0 Å². The standard InChI is InChI=1S/C12H10.B2H2O3/c1-3-7-11(8-4-1)12-9-5-2-6-10-12;3-1-5-2-4/h1-10H;3-4H. The first-order valence-corrected chi connectivity index (χ1v) is 5.06. The van der Waals surface area contributed by atoms with E-state index >= 15 is 0 Å². The molecule has 84 valence electrons. The van der Waals surface area contributed by atoms with E-state index in [1.165, 1.54) is 11.1 Å². The maximum Gasteiger partial charge on any atom is 0.469 e. The maximum atomic E-state index is 7.53. The number of hydrogen-bond donors (Lipinski definition) is 2. The smallest absolute Gasteiger partial charge is 0.456 e. The first-order valence-electron chi connectivity index (χ1n) is 5.06. The van der Waals surface area contributed by atoms with Crippen molar-refractivity contribution in [3.63, 3.8) is 0 Å². The molecule has 0 spiro atoms. The summed E-state index contributed by atoms with van der Waals surface area (Å²) >= 11 is 0. The van der Waals surface area contributed by atoms with Crippen molar-refractivity contribution in [3.8, 4) is 11.1 Å². The lowest BCUT2D eigenvalue weighted by molar-refractivity contribution is 0.408. The van der Waals surface area contributed by atoms with Gasteiger partial charge in [-0.05, 0) is 11.1 Å². The van der Waals surface area contributed by atoms with E-state index < -0.39 is 0 Å². The van der Waals surface area contributed by atoms with Crippen LogP contribution in [0.1, 0.15) is 0 Å². The van der Waals surface area contributed by atoms with Crippen LogP contribution in [0.2, 0.25) is 0 Å². The van der Waals surface area contributed by atoms with Gasteiger partial charge < -0.3 is 14.6 Å². The van der Waals surface area contributed by atoms with Gasteiger partial charge in [-0.2, -0.15) is 0 Å². The minimum absolute atomic E-state index is 0.375. The second-order valence-corrected chi connectivity index (χ2v) is 3.08. The van der Waals surface area contributed by atoms with Crippen LogP contribution in [0.5, 0.6) is 0 Å². The molecule has 0 heterocycles. The van der Waals surface area contributed by atoms with Crippen molar-refractivity contribution in [1.29, 1.82) is 0 Å². The monoisotopic (exact) mass is 226 g/mol. The predicted molar refractivity (Wildman–Crippen MR) is 68.9 cm³/mol.